The first-order valence-corrected chi connectivity index (χ1v) is 11.0. The average Bonchev–Trinajstić information content (AvgIpc) is 3.07. The van der Waals surface area contributed by atoms with Crippen LogP contribution in [0.4, 0.5) is 0 Å². The van der Waals surface area contributed by atoms with Crippen molar-refractivity contribution >= 4 is 17.4 Å². The second-order valence-corrected chi connectivity index (χ2v) is 8.44. The number of benzene rings is 2. The number of rotatable bonds is 9. The van der Waals surface area contributed by atoms with E-state index in [9.17, 15) is 14.7 Å². The van der Waals surface area contributed by atoms with Gasteiger partial charge in [-0.05, 0) is 75.9 Å². The summed E-state index contributed by atoms with van der Waals surface area (Å²) in [5, 5.41) is 11.4. The molecule has 8 nitrogen and oxygen atoms in total. The quantitative estimate of drug-likeness (QED) is 0.343. The van der Waals surface area contributed by atoms with Crippen molar-refractivity contribution in [1.29, 1.82) is 0 Å². The molecule has 1 saturated heterocycles. The van der Waals surface area contributed by atoms with Crippen LogP contribution in [0, 0.1) is 6.92 Å². The third kappa shape index (κ3) is 4.87. The molecule has 1 N–H and O–H groups in total. The standard InChI is InChI=1S/C26H32N2O6/c1-16-14-17(32-4)8-10-19(16)24(29)22-23(20-15-18(33-5)9-11-21(20)34-6)28(26(31)25(22)30)13-7-12-27(2)3/h8-11,14-15,23,29H,7,12-13H2,1-6H3/b24-22+/t23-/m0/s1. The minimum absolute atomic E-state index is 0.0228. The van der Waals surface area contributed by atoms with E-state index in [-0.39, 0.29) is 11.3 Å². The number of amides is 1. The number of methoxy groups -OCH3 is 3. The molecule has 0 aromatic heterocycles. The van der Waals surface area contributed by atoms with Crippen LogP contribution in [-0.2, 0) is 9.59 Å². The number of ether oxygens (including phenoxy) is 3. The summed E-state index contributed by atoms with van der Waals surface area (Å²) in [5.41, 5.74) is 1.76. The van der Waals surface area contributed by atoms with E-state index in [0.717, 1.165) is 6.54 Å². The maximum atomic E-state index is 13.3. The summed E-state index contributed by atoms with van der Waals surface area (Å²) < 4.78 is 16.2. The molecule has 2 aromatic carbocycles. The lowest BCUT2D eigenvalue weighted by molar-refractivity contribution is -0.140. The Labute approximate surface area is 200 Å². The van der Waals surface area contributed by atoms with E-state index in [1.54, 1.807) is 50.6 Å². The van der Waals surface area contributed by atoms with Gasteiger partial charge in [-0.15, -0.1) is 0 Å². The molecule has 1 amide bonds. The molecule has 0 unspecified atom stereocenters. The second kappa shape index (κ2) is 10.6. The van der Waals surface area contributed by atoms with Gasteiger partial charge in [0.05, 0.1) is 32.9 Å². The second-order valence-electron chi connectivity index (χ2n) is 8.44. The van der Waals surface area contributed by atoms with Crippen LogP contribution in [0.5, 0.6) is 17.2 Å². The van der Waals surface area contributed by atoms with E-state index in [1.807, 2.05) is 25.9 Å². The average molecular weight is 469 g/mol. The molecule has 1 aliphatic rings. The van der Waals surface area contributed by atoms with Crippen LogP contribution in [0.1, 0.15) is 29.2 Å². The van der Waals surface area contributed by atoms with E-state index in [1.165, 1.54) is 12.0 Å². The van der Waals surface area contributed by atoms with Crippen molar-refractivity contribution in [2.45, 2.75) is 19.4 Å². The molecule has 182 valence electrons. The van der Waals surface area contributed by atoms with Gasteiger partial charge < -0.3 is 29.1 Å². The number of carbonyl (C=O) groups is 2. The normalized spacial score (nSPS) is 17.4. The third-order valence-electron chi connectivity index (χ3n) is 5.96. The minimum atomic E-state index is -0.825. The molecule has 34 heavy (non-hydrogen) atoms. The molecular weight excluding hydrogens is 436 g/mol. The number of aliphatic hydroxyl groups is 1. The largest absolute Gasteiger partial charge is 0.507 e. The molecule has 0 radical (unpaired) electrons. The van der Waals surface area contributed by atoms with Crippen LogP contribution in [0.3, 0.4) is 0 Å². The van der Waals surface area contributed by atoms with Gasteiger partial charge in [0.15, 0.2) is 0 Å². The zero-order chi connectivity index (χ0) is 25.0. The first kappa shape index (κ1) is 25.1. The van der Waals surface area contributed by atoms with Crippen molar-refractivity contribution in [3.8, 4) is 17.2 Å². The SMILES string of the molecule is COc1ccc(/C(O)=C2\C(=O)C(=O)N(CCCN(C)C)[C@H]2c2cc(OC)ccc2OC)c(C)c1. The lowest BCUT2D eigenvalue weighted by Gasteiger charge is -2.27. The van der Waals surface area contributed by atoms with Gasteiger partial charge in [-0.1, -0.05) is 0 Å². The van der Waals surface area contributed by atoms with Crippen LogP contribution >= 0.6 is 0 Å². The summed E-state index contributed by atoms with van der Waals surface area (Å²) in [4.78, 5) is 30.0. The number of hydrogen-bond acceptors (Lipinski definition) is 7. The summed E-state index contributed by atoms with van der Waals surface area (Å²) in [7, 11) is 8.52. The smallest absolute Gasteiger partial charge is 0.295 e. The maximum Gasteiger partial charge on any atom is 0.295 e. The predicted octanol–water partition coefficient (Wildman–Crippen LogP) is 3.39. The Morgan fingerprint density at radius 3 is 2.24 bits per heavy atom. The Bertz CT molecular complexity index is 1110. The number of carbonyl (C=O) groups excluding carboxylic acids is 2. The Hall–Kier alpha value is -3.52. The summed E-state index contributed by atoms with van der Waals surface area (Å²) in [6.45, 7) is 2.89. The van der Waals surface area contributed by atoms with Gasteiger partial charge in [-0.3, -0.25) is 9.59 Å². The van der Waals surface area contributed by atoms with Crippen molar-refractivity contribution in [2.24, 2.45) is 0 Å². The number of nitrogens with zero attached hydrogens (tertiary/aromatic N) is 2. The first-order chi connectivity index (χ1) is 16.2. The molecule has 3 rings (SSSR count). The van der Waals surface area contributed by atoms with Crippen molar-refractivity contribution < 1.29 is 28.9 Å². The highest BCUT2D eigenvalue weighted by Gasteiger charge is 2.47. The van der Waals surface area contributed by atoms with Gasteiger partial charge in [0.25, 0.3) is 11.7 Å². The van der Waals surface area contributed by atoms with E-state index in [4.69, 9.17) is 14.2 Å². The molecule has 0 bridgehead atoms. The van der Waals surface area contributed by atoms with Gasteiger partial charge in [0.2, 0.25) is 0 Å². The number of likely N-dealkylation sites (tertiary alicyclic amines) is 1. The highest BCUT2D eigenvalue weighted by molar-refractivity contribution is 6.46. The molecule has 2 aromatic rings. The summed E-state index contributed by atoms with van der Waals surface area (Å²) >= 11 is 0. The van der Waals surface area contributed by atoms with E-state index in [2.05, 4.69) is 0 Å². The Balaban J connectivity index is 2.22. The van der Waals surface area contributed by atoms with Crippen molar-refractivity contribution in [2.75, 3.05) is 48.5 Å². The lowest BCUT2D eigenvalue weighted by atomic mass is 9.93. The van der Waals surface area contributed by atoms with E-state index < -0.39 is 17.7 Å². The number of aliphatic hydroxyl groups excluding tert-OH is 1. The molecule has 1 fully saturated rings. The summed E-state index contributed by atoms with van der Waals surface area (Å²) in [6, 6.07) is 9.54. The van der Waals surface area contributed by atoms with E-state index in [0.29, 0.717) is 46.9 Å². The van der Waals surface area contributed by atoms with Crippen LogP contribution in [0.25, 0.3) is 5.76 Å². The number of aryl methyl sites for hydroxylation is 1. The molecule has 1 atom stereocenters. The fourth-order valence-electron chi connectivity index (χ4n) is 4.22. The van der Waals surface area contributed by atoms with Crippen molar-refractivity contribution in [3.63, 3.8) is 0 Å². The Morgan fingerprint density at radius 2 is 1.65 bits per heavy atom. The molecular formula is C26H32N2O6. The monoisotopic (exact) mass is 468 g/mol. The summed E-state index contributed by atoms with van der Waals surface area (Å²) in [6.07, 6.45) is 0.657. The van der Waals surface area contributed by atoms with Crippen LogP contribution < -0.4 is 14.2 Å². The van der Waals surface area contributed by atoms with Crippen LogP contribution in [-0.4, -0.2) is 75.1 Å². The fraction of sp³-hybridized carbons (Fsp3) is 0.385. The molecule has 0 aliphatic carbocycles. The van der Waals surface area contributed by atoms with Crippen molar-refractivity contribution in [1.82, 2.24) is 9.80 Å². The Morgan fingerprint density at radius 1 is 1.00 bits per heavy atom. The molecule has 1 heterocycles. The van der Waals surface area contributed by atoms with Gasteiger partial charge in [0.1, 0.15) is 23.0 Å². The fourth-order valence-corrected chi connectivity index (χ4v) is 4.22. The first-order valence-electron chi connectivity index (χ1n) is 11.0. The van der Waals surface area contributed by atoms with Crippen LogP contribution in [0.2, 0.25) is 0 Å². The highest BCUT2D eigenvalue weighted by Crippen LogP contribution is 2.44. The predicted molar refractivity (Wildman–Crippen MR) is 129 cm³/mol. The third-order valence-corrected chi connectivity index (χ3v) is 5.96. The lowest BCUT2D eigenvalue weighted by Crippen LogP contribution is -2.32. The molecule has 0 saturated carbocycles. The number of ketones is 1. The highest BCUT2D eigenvalue weighted by atomic mass is 16.5. The topological polar surface area (TPSA) is 88.5 Å². The minimum Gasteiger partial charge on any atom is -0.507 e. The maximum absolute atomic E-state index is 13.3. The summed E-state index contributed by atoms with van der Waals surface area (Å²) in [5.74, 6) is 0.0550. The van der Waals surface area contributed by atoms with Crippen LogP contribution in [0.15, 0.2) is 42.0 Å². The van der Waals surface area contributed by atoms with E-state index >= 15 is 0 Å². The van der Waals surface area contributed by atoms with Gasteiger partial charge in [-0.2, -0.15) is 0 Å². The molecule has 8 heteroatoms. The number of Topliss-reactive ketones (excluding diaryl/α,β-unsaturated/α-hetero) is 1. The van der Waals surface area contributed by atoms with Gasteiger partial charge in [-0.25, -0.2) is 0 Å². The zero-order valence-electron chi connectivity index (χ0n) is 20.5. The Kier molecular flexibility index (Phi) is 7.83. The molecule has 1 aliphatic heterocycles. The number of hydrogen-bond donors (Lipinski definition) is 1. The zero-order valence-corrected chi connectivity index (χ0v) is 20.5. The van der Waals surface area contributed by atoms with Crippen molar-refractivity contribution in [3.05, 3.63) is 58.7 Å². The van der Waals surface area contributed by atoms with Gasteiger partial charge in [0, 0.05) is 17.7 Å². The van der Waals surface area contributed by atoms with Gasteiger partial charge >= 0.3 is 0 Å². The molecule has 0 spiro atoms.